The highest BCUT2D eigenvalue weighted by molar-refractivity contribution is 6.07. The SMILES string of the molecule is CC1(c2ccc3ccccc3c2)NC(=O)N(C/C=C/c2ccccc2)C1=O. The molecule has 1 heterocycles. The predicted molar refractivity (Wildman–Crippen MR) is 107 cm³/mol. The number of fused-ring (bicyclic) bond motifs is 1. The summed E-state index contributed by atoms with van der Waals surface area (Å²) in [5.74, 6) is -0.236. The lowest BCUT2D eigenvalue weighted by atomic mass is 9.90. The molecule has 0 aromatic heterocycles. The fourth-order valence-electron chi connectivity index (χ4n) is 3.42. The minimum absolute atomic E-state index is 0.236. The van der Waals surface area contributed by atoms with Crippen LogP contribution in [0.2, 0.25) is 0 Å². The summed E-state index contributed by atoms with van der Waals surface area (Å²) in [6.45, 7) is 2.00. The van der Waals surface area contributed by atoms with Crippen LogP contribution in [0.3, 0.4) is 0 Å². The van der Waals surface area contributed by atoms with Crippen LogP contribution in [-0.4, -0.2) is 23.4 Å². The Hall–Kier alpha value is -3.40. The van der Waals surface area contributed by atoms with Gasteiger partial charge in [-0.15, -0.1) is 0 Å². The van der Waals surface area contributed by atoms with E-state index in [4.69, 9.17) is 0 Å². The Morgan fingerprint density at radius 2 is 1.63 bits per heavy atom. The molecule has 1 aliphatic heterocycles. The topological polar surface area (TPSA) is 49.4 Å². The van der Waals surface area contributed by atoms with Crippen molar-refractivity contribution in [2.75, 3.05) is 6.54 Å². The minimum atomic E-state index is -1.05. The first kappa shape index (κ1) is 17.0. The third-order valence-corrected chi connectivity index (χ3v) is 5.00. The van der Waals surface area contributed by atoms with Crippen LogP contribution < -0.4 is 5.32 Å². The van der Waals surface area contributed by atoms with Crippen molar-refractivity contribution in [2.45, 2.75) is 12.5 Å². The van der Waals surface area contributed by atoms with Crippen LogP contribution in [0.4, 0.5) is 4.79 Å². The van der Waals surface area contributed by atoms with Gasteiger partial charge in [0, 0.05) is 6.54 Å². The number of imide groups is 1. The van der Waals surface area contributed by atoms with E-state index in [1.165, 1.54) is 4.90 Å². The highest BCUT2D eigenvalue weighted by atomic mass is 16.2. The number of benzene rings is 3. The maximum atomic E-state index is 13.0. The summed E-state index contributed by atoms with van der Waals surface area (Å²) in [5.41, 5.74) is 0.762. The summed E-state index contributed by atoms with van der Waals surface area (Å²) in [6.07, 6.45) is 3.74. The van der Waals surface area contributed by atoms with E-state index in [1.54, 1.807) is 6.92 Å². The predicted octanol–water partition coefficient (Wildman–Crippen LogP) is 4.32. The van der Waals surface area contributed by atoms with Crippen molar-refractivity contribution in [1.29, 1.82) is 0 Å². The molecule has 0 saturated carbocycles. The number of carbonyl (C=O) groups excluding carboxylic acids is 2. The number of carbonyl (C=O) groups is 2. The maximum Gasteiger partial charge on any atom is 0.325 e. The van der Waals surface area contributed by atoms with Gasteiger partial charge in [0.25, 0.3) is 5.91 Å². The Bertz CT molecular complexity index is 1040. The summed E-state index contributed by atoms with van der Waals surface area (Å²) in [4.78, 5) is 26.7. The van der Waals surface area contributed by atoms with Gasteiger partial charge in [-0.3, -0.25) is 9.69 Å². The molecule has 1 N–H and O–H groups in total. The Kier molecular flexibility index (Phi) is 4.24. The van der Waals surface area contributed by atoms with Crippen LogP contribution in [0.25, 0.3) is 16.8 Å². The van der Waals surface area contributed by atoms with Crippen LogP contribution in [0, 0.1) is 0 Å². The molecule has 3 amide bonds. The molecule has 134 valence electrons. The first-order chi connectivity index (χ1) is 13.1. The standard InChI is InChI=1S/C23H20N2O2/c1-23(20-14-13-18-11-5-6-12-19(18)16-20)21(26)25(22(27)24-23)15-7-10-17-8-3-2-4-9-17/h2-14,16H,15H2,1H3,(H,24,27)/b10-7+. The molecule has 4 rings (SSSR count). The van der Waals surface area contributed by atoms with E-state index >= 15 is 0 Å². The minimum Gasteiger partial charge on any atom is -0.319 e. The largest absolute Gasteiger partial charge is 0.325 e. The van der Waals surface area contributed by atoms with E-state index in [0.29, 0.717) is 0 Å². The Labute approximate surface area is 158 Å². The van der Waals surface area contributed by atoms with E-state index in [0.717, 1.165) is 21.9 Å². The summed E-state index contributed by atoms with van der Waals surface area (Å²) >= 11 is 0. The van der Waals surface area contributed by atoms with Gasteiger partial charge in [-0.1, -0.05) is 78.9 Å². The number of urea groups is 1. The fourth-order valence-corrected chi connectivity index (χ4v) is 3.42. The Morgan fingerprint density at radius 1 is 0.926 bits per heavy atom. The molecular weight excluding hydrogens is 336 g/mol. The lowest BCUT2D eigenvalue weighted by Crippen LogP contribution is -2.40. The summed E-state index contributed by atoms with van der Waals surface area (Å²) < 4.78 is 0. The molecule has 0 radical (unpaired) electrons. The highest BCUT2D eigenvalue weighted by Gasteiger charge is 2.48. The molecule has 0 bridgehead atoms. The fraction of sp³-hybridized carbons (Fsp3) is 0.130. The Morgan fingerprint density at radius 3 is 2.41 bits per heavy atom. The van der Waals surface area contributed by atoms with Gasteiger partial charge in [0.05, 0.1) is 0 Å². The van der Waals surface area contributed by atoms with Crippen LogP contribution >= 0.6 is 0 Å². The third-order valence-electron chi connectivity index (χ3n) is 5.00. The van der Waals surface area contributed by atoms with Crippen LogP contribution in [0.15, 0.2) is 78.9 Å². The zero-order valence-corrected chi connectivity index (χ0v) is 15.1. The molecular formula is C23H20N2O2. The zero-order valence-electron chi connectivity index (χ0n) is 15.1. The van der Waals surface area contributed by atoms with Crippen molar-refractivity contribution in [3.05, 3.63) is 90.0 Å². The quantitative estimate of drug-likeness (QED) is 0.708. The first-order valence-corrected chi connectivity index (χ1v) is 8.93. The molecule has 3 aromatic rings. The Balaban J connectivity index is 1.58. The van der Waals surface area contributed by atoms with E-state index in [-0.39, 0.29) is 18.5 Å². The molecule has 3 aromatic carbocycles. The number of nitrogens with one attached hydrogen (secondary N) is 1. The van der Waals surface area contributed by atoms with Gasteiger partial charge in [0.2, 0.25) is 0 Å². The van der Waals surface area contributed by atoms with Crippen LogP contribution in [0.1, 0.15) is 18.1 Å². The molecule has 0 spiro atoms. The molecule has 4 heteroatoms. The van der Waals surface area contributed by atoms with Gasteiger partial charge < -0.3 is 5.32 Å². The van der Waals surface area contributed by atoms with Crippen molar-refractivity contribution >= 4 is 28.8 Å². The second-order valence-electron chi connectivity index (χ2n) is 6.85. The molecule has 27 heavy (non-hydrogen) atoms. The van der Waals surface area contributed by atoms with Crippen molar-refractivity contribution in [3.63, 3.8) is 0 Å². The van der Waals surface area contributed by atoms with Gasteiger partial charge in [-0.05, 0) is 34.9 Å². The van der Waals surface area contributed by atoms with Crippen LogP contribution in [0.5, 0.6) is 0 Å². The number of rotatable bonds is 4. The second-order valence-corrected chi connectivity index (χ2v) is 6.85. The average Bonchev–Trinajstić information content (AvgIpc) is 2.92. The number of hydrogen-bond acceptors (Lipinski definition) is 2. The van der Waals surface area contributed by atoms with Gasteiger partial charge in [-0.2, -0.15) is 0 Å². The lowest BCUT2D eigenvalue weighted by Gasteiger charge is -2.22. The highest BCUT2D eigenvalue weighted by Crippen LogP contribution is 2.31. The molecule has 1 unspecified atom stereocenters. The molecule has 4 nitrogen and oxygen atoms in total. The van der Waals surface area contributed by atoms with Gasteiger partial charge in [0.15, 0.2) is 0 Å². The van der Waals surface area contributed by atoms with E-state index in [2.05, 4.69) is 5.32 Å². The normalized spacial score (nSPS) is 19.8. The molecule has 1 fully saturated rings. The first-order valence-electron chi connectivity index (χ1n) is 8.93. The van der Waals surface area contributed by atoms with Crippen molar-refractivity contribution in [1.82, 2.24) is 10.2 Å². The van der Waals surface area contributed by atoms with Crippen molar-refractivity contribution in [2.24, 2.45) is 0 Å². The molecule has 1 atom stereocenters. The third kappa shape index (κ3) is 3.10. The van der Waals surface area contributed by atoms with Crippen molar-refractivity contribution < 1.29 is 9.59 Å². The van der Waals surface area contributed by atoms with Gasteiger partial charge in [0.1, 0.15) is 5.54 Å². The van der Waals surface area contributed by atoms with Gasteiger partial charge >= 0.3 is 6.03 Å². The van der Waals surface area contributed by atoms with Crippen molar-refractivity contribution in [3.8, 4) is 0 Å². The molecule has 1 saturated heterocycles. The zero-order chi connectivity index (χ0) is 18.9. The summed E-state index contributed by atoms with van der Waals surface area (Å²) in [6, 6.07) is 23.3. The van der Waals surface area contributed by atoms with Gasteiger partial charge in [-0.25, -0.2) is 4.79 Å². The molecule has 1 aliphatic rings. The smallest absolute Gasteiger partial charge is 0.319 e. The second kappa shape index (κ2) is 6.72. The summed E-state index contributed by atoms with van der Waals surface area (Å²) in [7, 11) is 0. The monoisotopic (exact) mass is 356 g/mol. The number of amides is 3. The number of nitrogens with zero attached hydrogens (tertiary/aromatic N) is 1. The van der Waals surface area contributed by atoms with Crippen LogP contribution in [-0.2, 0) is 10.3 Å². The van der Waals surface area contributed by atoms with E-state index in [1.807, 2.05) is 84.9 Å². The maximum absolute atomic E-state index is 13.0. The molecule has 0 aliphatic carbocycles. The summed E-state index contributed by atoms with van der Waals surface area (Å²) in [5, 5.41) is 5.01. The lowest BCUT2D eigenvalue weighted by molar-refractivity contribution is -0.130. The van der Waals surface area contributed by atoms with E-state index in [9.17, 15) is 9.59 Å². The van der Waals surface area contributed by atoms with E-state index < -0.39 is 5.54 Å². The average molecular weight is 356 g/mol. The number of hydrogen-bond donors (Lipinski definition) is 1.